The van der Waals surface area contributed by atoms with Crippen LogP contribution < -0.4 is 5.56 Å². The number of carbonyl (C=O) groups excluding carboxylic acids is 1. The Morgan fingerprint density at radius 3 is 2.61 bits per heavy atom. The molecule has 1 saturated heterocycles. The smallest absolute Gasteiger partial charge is 0.289 e. The van der Waals surface area contributed by atoms with Gasteiger partial charge in [-0.05, 0) is 72.3 Å². The molecule has 4 heterocycles. The molecule has 0 spiro atoms. The van der Waals surface area contributed by atoms with Gasteiger partial charge in [-0.1, -0.05) is 30.9 Å². The molecule has 198 valence electrons. The van der Waals surface area contributed by atoms with E-state index in [1.807, 2.05) is 17.7 Å². The molecule has 38 heavy (non-hydrogen) atoms. The van der Waals surface area contributed by atoms with Crippen molar-refractivity contribution in [1.29, 1.82) is 0 Å². The number of fused-ring (bicyclic) bond motifs is 1. The van der Waals surface area contributed by atoms with Crippen molar-refractivity contribution in [3.05, 3.63) is 75.2 Å². The predicted octanol–water partition coefficient (Wildman–Crippen LogP) is 3.78. The van der Waals surface area contributed by atoms with Gasteiger partial charge in [0.15, 0.2) is 11.6 Å². The second-order valence-electron chi connectivity index (χ2n) is 10.6. The second kappa shape index (κ2) is 10.2. The molecule has 2 fully saturated rings. The first-order valence-corrected chi connectivity index (χ1v) is 13.5. The number of pyridine rings is 1. The van der Waals surface area contributed by atoms with Gasteiger partial charge in [0, 0.05) is 31.7 Å². The van der Waals surface area contributed by atoms with Crippen LogP contribution in [0.15, 0.2) is 45.8 Å². The topological polar surface area (TPSA) is 113 Å². The number of rotatable bonds is 5. The molecule has 0 radical (unpaired) electrons. The van der Waals surface area contributed by atoms with E-state index in [1.54, 1.807) is 17.0 Å². The van der Waals surface area contributed by atoms with Gasteiger partial charge < -0.3 is 14.3 Å². The second-order valence-corrected chi connectivity index (χ2v) is 10.6. The first kappa shape index (κ1) is 24.5. The zero-order valence-corrected chi connectivity index (χ0v) is 21.9. The van der Waals surface area contributed by atoms with Gasteiger partial charge in [-0.25, -0.2) is 4.68 Å². The number of aromatic amines is 1. The lowest BCUT2D eigenvalue weighted by atomic mass is 9.95. The van der Waals surface area contributed by atoms with E-state index in [4.69, 9.17) is 4.42 Å². The van der Waals surface area contributed by atoms with Gasteiger partial charge in [0.2, 0.25) is 0 Å². The zero-order chi connectivity index (χ0) is 26.2. The third-order valence-corrected chi connectivity index (χ3v) is 8.00. The average Bonchev–Trinajstić information content (AvgIpc) is 3.63. The Hall–Kier alpha value is -3.79. The van der Waals surface area contributed by atoms with Crippen LogP contribution in [0, 0.1) is 13.8 Å². The van der Waals surface area contributed by atoms with E-state index < -0.39 is 6.04 Å². The Balaban J connectivity index is 1.39. The van der Waals surface area contributed by atoms with Crippen LogP contribution in [0.4, 0.5) is 0 Å². The number of hydrogen-bond donors (Lipinski definition) is 1. The van der Waals surface area contributed by atoms with Crippen LogP contribution in [0.25, 0.3) is 10.9 Å². The number of nitrogens with one attached hydrogen (secondary N) is 1. The number of furan rings is 1. The Morgan fingerprint density at radius 1 is 1.08 bits per heavy atom. The number of tetrazole rings is 1. The van der Waals surface area contributed by atoms with Crippen LogP contribution in [0.3, 0.4) is 0 Å². The molecule has 6 rings (SSSR count). The molecule has 10 heteroatoms. The fourth-order valence-corrected chi connectivity index (χ4v) is 6.11. The van der Waals surface area contributed by atoms with Crippen LogP contribution in [0.2, 0.25) is 0 Å². The van der Waals surface area contributed by atoms with Gasteiger partial charge in [-0.2, -0.15) is 0 Å². The highest BCUT2D eigenvalue weighted by atomic mass is 16.3. The standard InChI is InChI=1S/C28H33N7O3/c1-18-15-19(2)24-20(16-18)17-22(27(36)29-24)25(26-30-31-32-35(26)21-7-4-3-5-8-21)33-10-12-34(13-11-33)28(37)23-9-6-14-38-23/h6,9,14-17,21,25H,3-5,7-8,10-13H2,1-2H3,(H,29,36)/t25-/m1/s1. The van der Waals surface area contributed by atoms with Gasteiger partial charge in [-0.15, -0.1) is 5.10 Å². The quantitative estimate of drug-likeness (QED) is 0.430. The van der Waals surface area contributed by atoms with E-state index >= 15 is 0 Å². The molecule has 1 amide bonds. The van der Waals surface area contributed by atoms with Crippen molar-refractivity contribution in [2.75, 3.05) is 26.2 Å². The highest BCUT2D eigenvalue weighted by Gasteiger charge is 2.35. The number of H-pyrrole nitrogens is 1. The largest absolute Gasteiger partial charge is 0.459 e. The van der Waals surface area contributed by atoms with Crippen LogP contribution in [0.5, 0.6) is 0 Å². The van der Waals surface area contributed by atoms with E-state index in [0.29, 0.717) is 43.3 Å². The molecule has 0 bridgehead atoms. The summed E-state index contributed by atoms with van der Waals surface area (Å²) in [5.74, 6) is 0.914. The number of nitrogens with zero attached hydrogens (tertiary/aromatic N) is 6. The van der Waals surface area contributed by atoms with Crippen molar-refractivity contribution >= 4 is 16.8 Å². The summed E-state index contributed by atoms with van der Waals surface area (Å²) >= 11 is 0. The lowest BCUT2D eigenvalue weighted by Crippen LogP contribution is -2.51. The van der Waals surface area contributed by atoms with Gasteiger partial charge in [0.05, 0.1) is 17.8 Å². The van der Waals surface area contributed by atoms with E-state index in [0.717, 1.165) is 47.7 Å². The normalized spacial score (nSPS) is 18.2. The molecule has 4 aromatic rings. The summed E-state index contributed by atoms with van der Waals surface area (Å²) in [5.41, 5.74) is 3.52. The molecule has 1 atom stereocenters. The highest BCUT2D eigenvalue weighted by molar-refractivity contribution is 5.91. The Morgan fingerprint density at radius 2 is 1.87 bits per heavy atom. The summed E-state index contributed by atoms with van der Waals surface area (Å²) in [6.07, 6.45) is 7.10. The summed E-state index contributed by atoms with van der Waals surface area (Å²) in [6.45, 7) is 6.28. The minimum atomic E-state index is -0.429. The monoisotopic (exact) mass is 515 g/mol. The summed E-state index contributed by atoms with van der Waals surface area (Å²) in [6, 6.07) is 9.38. The molecule has 1 aromatic carbocycles. The highest BCUT2D eigenvalue weighted by Crippen LogP contribution is 2.34. The fraction of sp³-hybridized carbons (Fsp3) is 0.464. The van der Waals surface area contributed by atoms with Crippen LogP contribution in [-0.4, -0.2) is 67.1 Å². The lowest BCUT2D eigenvalue weighted by Gasteiger charge is -2.38. The molecule has 2 aliphatic rings. The van der Waals surface area contributed by atoms with Crippen molar-refractivity contribution in [2.45, 2.75) is 58.0 Å². The van der Waals surface area contributed by atoms with Gasteiger partial charge >= 0.3 is 0 Å². The number of aryl methyl sites for hydroxylation is 2. The molecule has 1 N–H and O–H groups in total. The number of amides is 1. The molecular weight excluding hydrogens is 482 g/mol. The SMILES string of the molecule is Cc1cc(C)c2[nH]c(=O)c([C@H](c3nnnn3C3CCCCC3)N3CCN(C(=O)c4ccco4)CC3)cc2c1. The molecule has 1 aliphatic heterocycles. The molecule has 1 aliphatic carbocycles. The third kappa shape index (κ3) is 4.53. The minimum absolute atomic E-state index is 0.118. The number of carbonyl (C=O) groups is 1. The van der Waals surface area contributed by atoms with Crippen molar-refractivity contribution in [1.82, 2.24) is 35.0 Å². The fourth-order valence-electron chi connectivity index (χ4n) is 6.11. The van der Waals surface area contributed by atoms with Crippen molar-refractivity contribution in [3.63, 3.8) is 0 Å². The Kier molecular flexibility index (Phi) is 6.57. The minimum Gasteiger partial charge on any atom is -0.459 e. The van der Waals surface area contributed by atoms with Gasteiger partial charge in [0.1, 0.15) is 6.04 Å². The summed E-state index contributed by atoms with van der Waals surface area (Å²) in [7, 11) is 0. The number of benzene rings is 1. The van der Waals surface area contributed by atoms with Crippen LogP contribution >= 0.6 is 0 Å². The number of hydrogen-bond acceptors (Lipinski definition) is 7. The summed E-state index contributed by atoms with van der Waals surface area (Å²) < 4.78 is 7.28. The molecule has 3 aromatic heterocycles. The zero-order valence-electron chi connectivity index (χ0n) is 21.9. The third-order valence-electron chi connectivity index (χ3n) is 8.00. The van der Waals surface area contributed by atoms with E-state index in [2.05, 4.69) is 44.5 Å². The molecule has 10 nitrogen and oxygen atoms in total. The van der Waals surface area contributed by atoms with Gasteiger partial charge in [-0.3, -0.25) is 14.5 Å². The number of piperazine rings is 1. The van der Waals surface area contributed by atoms with E-state index in [9.17, 15) is 9.59 Å². The maximum atomic E-state index is 13.6. The Bertz CT molecular complexity index is 1490. The van der Waals surface area contributed by atoms with Crippen molar-refractivity contribution in [3.8, 4) is 0 Å². The van der Waals surface area contributed by atoms with Crippen LogP contribution in [0.1, 0.15) is 77.3 Å². The maximum Gasteiger partial charge on any atom is 0.289 e. The van der Waals surface area contributed by atoms with Crippen molar-refractivity contribution < 1.29 is 9.21 Å². The van der Waals surface area contributed by atoms with Crippen molar-refractivity contribution in [2.24, 2.45) is 0 Å². The number of aromatic nitrogens is 5. The average molecular weight is 516 g/mol. The maximum absolute atomic E-state index is 13.6. The van der Waals surface area contributed by atoms with E-state index in [1.165, 1.54) is 12.7 Å². The summed E-state index contributed by atoms with van der Waals surface area (Å²) in [4.78, 5) is 33.7. The summed E-state index contributed by atoms with van der Waals surface area (Å²) in [5, 5.41) is 14.0. The molecular formula is C28H33N7O3. The first-order chi connectivity index (χ1) is 18.5. The lowest BCUT2D eigenvalue weighted by molar-refractivity contribution is 0.0556. The molecule has 1 saturated carbocycles. The van der Waals surface area contributed by atoms with Crippen LogP contribution in [-0.2, 0) is 0 Å². The first-order valence-electron chi connectivity index (χ1n) is 13.5. The van der Waals surface area contributed by atoms with Gasteiger partial charge in [0.25, 0.3) is 11.5 Å². The predicted molar refractivity (Wildman–Crippen MR) is 142 cm³/mol. The van der Waals surface area contributed by atoms with E-state index in [-0.39, 0.29) is 17.5 Å². The molecule has 0 unspecified atom stereocenters. The Labute approximate surface area is 220 Å².